The molecule has 0 amide bonds. The Hall–Kier alpha value is 0.220. The maximum atomic E-state index is 10.1. The van der Waals surface area contributed by atoms with Crippen molar-refractivity contribution in [3.05, 3.63) is 24.3 Å². The van der Waals surface area contributed by atoms with Crippen LogP contribution in [0.4, 0.5) is 0 Å². The standard InChI is InChI=1S/C6H6Cl2O2.C6H8O4.Cl5P/c7-5(9)3-1-2-4-6(8)10;7-5(8)3-1-2-4-6(9)10;1-6(2,3,4)5/h1-2H,3-4H2;1-2H,3-4H2,(H,7,8)(H,9,10);/b2*2-1+;. The minimum Gasteiger partial charge on any atom is -0.481 e. The summed E-state index contributed by atoms with van der Waals surface area (Å²) in [5.74, 6) is -1.91. The maximum absolute atomic E-state index is 10.1. The van der Waals surface area contributed by atoms with Crippen LogP contribution >= 0.6 is 82.8 Å². The summed E-state index contributed by atoms with van der Waals surface area (Å²) in [7, 11) is 0. The molecule has 14 heteroatoms. The summed E-state index contributed by atoms with van der Waals surface area (Å²) in [4.78, 5) is 39.9. The first kappa shape index (κ1) is 30.9. The molecule has 0 spiro atoms. The second-order valence-electron chi connectivity index (χ2n) is 3.90. The second kappa shape index (κ2) is 16.2. The Morgan fingerprint density at radius 2 is 0.808 bits per heavy atom. The van der Waals surface area contributed by atoms with E-state index in [0.29, 0.717) is 0 Å². The molecule has 152 valence electrons. The molecule has 0 saturated heterocycles. The Bertz CT molecular complexity index is 449. The first-order valence-corrected chi connectivity index (χ1v) is 13.7. The zero-order valence-corrected chi connectivity index (χ0v) is 18.9. The monoisotopic (exact) mass is 530 g/mol. The third-order valence-electron chi connectivity index (χ3n) is 1.47. The van der Waals surface area contributed by atoms with Crippen molar-refractivity contribution in [2.45, 2.75) is 25.7 Å². The van der Waals surface area contributed by atoms with E-state index >= 15 is 0 Å². The molecule has 26 heavy (non-hydrogen) atoms. The van der Waals surface area contributed by atoms with Gasteiger partial charge in [0.25, 0.3) is 0 Å². The Morgan fingerprint density at radius 1 is 0.615 bits per heavy atom. The molecular weight excluding hydrogens is 519 g/mol. The Morgan fingerprint density at radius 3 is 0.962 bits per heavy atom. The van der Waals surface area contributed by atoms with Crippen molar-refractivity contribution in [1.29, 1.82) is 0 Å². The first-order chi connectivity index (χ1) is 11.5. The van der Waals surface area contributed by atoms with Crippen molar-refractivity contribution in [3.8, 4) is 0 Å². The van der Waals surface area contributed by atoms with Crippen LogP contribution in [-0.2, 0) is 19.2 Å². The van der Waals surface area contributed by atoms with Gasteiger partial charge in [0.15, 0.2) is 0 Å². The molecule has 0 aromatic carbocycles. The third kappa shape index (κ3) is 64.6. The van der Waals surface area contributed by atoms with E-state index in [2.05, 4.69) is 0 Å². The zero-order valence-electron chi connectivity index (χ0n) is 12.8. The summed E-state index contributed by atoms with van der Waals surface area (Å²) in [6.07, 6.45) is 5.70. The first-order valence-electron chi connectivity index (χ1n) is 6.20. The number of halogens is 7. The number of allylic oxidation sites excluding steroid dienone is 2. The van der Waals surface area contributed by atoms with Gasteiger partial charge in [0.1, 0.15) is 0 Å². The Balaban J connectivity index is -0.000000316. The fourth-order valence-corrected chi connectivity index (χ4v) is 0.898. The SMILES string of the molecule is ClP(Cl)(Cl)(Cl)Cl.O=C(Cl)C/C=C/CC(=O)Cl.O=C(O)C/C=C/CC(=O)O. The van der Waals surface area contributed by atoms with Crippen LogP contribution in [-0.4, -0.2) is 32.6 Å². The molecule has 0 rings (SSSR count). The minimum absolute atomic E-state index is 0.118. The molecule has 2 N–H and O–H groups in total. The number of rotatable bonds is 8. The molecule has 0 aliphatic rings. The van der Waals surface area contributed by atoms with Gasteiger partial charge in [-0.25, -0.2) is 0 Å². The molecule has 0 fully saturated rings. The summed E-state index contributed by atoms with van der Waals surface area (Å²) < 4.78 is -3.69. The number of aliphatic carboxylic acids is 2. The normalized spacial score (nSPS) is 12.2. The number of carbonyl (C=O) groups is 4. The van der Waals surface area contributed by atoms with Crippen LogP contribution in [0.25, 0.3) is 0 Å². The van der Waals surface area contributed by atoms with Crippen molar-refractivity contribution >= 4 is 105 Å². The van der Waals surface area contributed by atoms with Gasteiger partial charge < -0.3 is 10.2 Å². The van der Waals surface area contributed by atoms with Crippen LogP contribution in [0.5, 0.6) is 0 Å². The van der Waals surface area contributed by atoms with Gasteiger partial charge in [-0.1, -0.05) is 24.3 Å². The molecule has 0 aromatic heterocycles. The van der Waals surface area contributed by atoms with Gasteiger partial charge in [0.05, 0.1) is 12.8 Å². The van der Waals surface area contributed by atoms with Crippen molar-refractivity contribution in [2.75, 3.05) is 0 Å². The average molecular weight is 533 g/mol. The smallest absolute Gasteiger partial charge is 0.307 e. The molecule has 0 radical (unpaired) electrons. The van der Waals surface area contributed by atoms with Gasteiger partial charge in [-0.05, 0) is 23.2 Å². The number of carbonyl (C=O) groups excluding carboxylic acids is 2. The quantitative estimate of drug-likeness (QED) is 0.205. The largest absolute Gasteiger partial charge is 0.481 e. The number of hydrogen-bond acceptors (Lipinski definition) is 4. The topological polar surface area (TPSA) is 109 Å². The molecule has 0 aromatic rings. The molecule has 0 bridgehead atoms. The molecule has 0 atom stereocenters. The van der Waals surface area contributed by atoms with Gasteiger partial charge in [0.2, 0.25) is 10.5 Å². The predicted molar refractivity (Wildman–Crippen MR) is 110 cm³/mol. The van der Waals surface area contributed by atoms with Gasteiger partial charge in [0, 0.05) is 12.8 Å². The summed E-state index contributed by atoms with van der Waals surface area (Å²) in [5, 5.41) is 15.3. The van der Waals surface area contributed by atoms with Crippen molar-refractivity contribution in [3.63, 3.8) is 0 Å². The van der Waals surface area contributed by atoms with E-state index in [9.17, 15) is 19.2 Å². The van der Waals surface area contributed by atoms with Gasteiger partial charge >= 0.3 is 71.5 Å². The summed E-state index contributed by atoms with van der Waals surface area (Å²) >= 11 is 34.9. The fraction of sp³-hybridized carbons (Fsp3) is 0.333. The van der Waals surface area contributed by atoms with Crippen molar-refractivity contribution in [1.82, 2.24) is 0 Å². The van der Waals surface area contributed by atoms with Crippen molar-refractivity contribution < 1.29 is 29.4 Å². The molecular formula is C12H14Cl7O6P. The van der Waals surface area contributed by atoms with E-state index in [0.717, 1.165) is 0 Å². The average Bonchev–Trinajstić information content (AvgIpc) is 2.37. The molecule has 6 nitrogen and oxygen atoms in total. The molecule has 0 heterocycles. The van der Waals surface area contributed by atoms with E-state index < -0.39 is 25.8 Å². The fourth-order valence-electron chi connectivity index (χ4n) is 0.720. The van der Waals surface area contributed by atoms with E-state index in [1.165, 1.54) is 24.3 Å². The van der Waals surface area contributed by atoms with E-state index in [1.807, 2.05) is 0 Å². The third-order valence-corrected chi connectivity index (χ3v) is 1.78. The molecule has 0 aliphatic heterocycles. The summed E-state index contributed by atoms with van der Waals surface area (Å²) in [6, 6.07) is 0. The minimum atomic E-state index is -3.69. The van der Waals surface area contributed by atoms with Crippen LogP contribution < -0.4 is 0 Å². The van der Waals surface area contributed by atoms with E-state index in [-0.39, 0.29) is 25.7 Å². The number of hydrogen-bond donors (Lipinski definition) is 2. The van der Waals surface area contributed by atoms with E-state index in [4.69, 9.17) is 89.6 Å². The predicted octanol–water partition coefficient (Wildman–Crippen LogP) is 6.65. The van der Waals surface area contributed by atoms with Crippen LogP contribution in [0.15, 0.2) is 24.3 Å². The molecule has 0 saturated carbocycles. The summed E-state index contributed by atoms with van der Waals surface area (Å²) in [6.45, 7) is 0. The second-order valence-corrected chi connectivity index (χ2v) is 21.3. The van der Waals surface area contributed by atoms with Gasteiger partial charge in [-0.15, -0.1) is 0 Å². The maximum Gasteiger partial charge on any atom is 0.307 e. The van der Waals surface area contributed by atoms with Crippen LogP contribution in [0, 0.1) is 0 Å². The Kier molecular flexibility index (Phi) is 19.3. The number of carboxylic acid groups (broad SMARTS) is 2. The Labute approximate surface area is 183 Å². The number of carboxylic acids is 2. The van der Waals surface area contributed by atoms with E-state index in [1.54, 1.807) is 0 Å². The van der Waals surface area contributed by atoms with Crippen LogP contribution in [0.1, 0.15) is 25.7 Å². The molecule has 0 unspecified atom stereocenters. The zero-order chi connectivity index (χ0) is 21.4. The van der Waals surface area contributed by atoms with Crippen molar-refractivity contribution in [2.24, 2.45) is 0 Å². The van der Waals surface area contributed by atoms with Crippen LogP contribution in [0.2, 0.25) is 0 Å². The van der Waals surface area contributed by atoms with Gasteiger partial charge in [-0.3, -0.25) is 19.2 Å². The molecule has 0 aliphatic carbocycles. The van der Waals surface area contributed by atoms with Crippen LogP contribution in [0.3, 0.4) is 0 Å². The summed E-state index contributed by atoms with van der Waals surface area (Å²) in [5.41, 5.74) is 0. The van der Waals surface area contributed by atoms with Gasteiger partial charge in [-0.2, -0.15) is 0 Å².